The predicted molar refractivity (Wildman–Crippen MR) is 123 cm³/mol. The van der Waals surface area contributed by atoms with Crippen LogP contribution in [-0.2, 0) is 6.54 Å². The van der Waals surface area contributed by atoms with Gasteiger partial charge in [0.15, 0.2) is 17.0 Å². The molecule has 0 saturated carbocycles. The van der Waals surface area contributed by atoms with Crippen LogP contribution >= 0.6 is 0 Å². The molecule has 0 saturated heterocycles. The molecule has 164 valence electrons. The van der Waals surface area contributed by atoms with E-state index in [-0.39, 0.29) is 11.8 Å². The number of fused-ring (bicyclic) bond motifs is 1. The smallest absolute Gasteiger partial charge is 0.345 e. The maximum atomic E-state index is 12.7. The van der Waals surface area contributed by atoms with E-state index in [0.29, 0.717) is 29.2 Å². The number of pyridine rings is 1. The first-order valence-corrected chi connectivity index (χ1v) is 10.5. The Morgan fingerprint density at radius 1 is 1.12 bits per heavy atom. The Labute approximate surface area is 185 Å². The van der Waals surface area contributed by atoms with E-state index >= 15 is 0 Å². The molecule has 32 heavy (non-hydrogen) atoms. The van der Waals surface area contributed by atoms with Gasteiger partial charge in [0.05, 0.1) is 12.1 Å². The molecule has 3 aromatic heterocycles. The number of aromatic nitrogens is 5. The quantitative estimate of drug-likeness (QED) is 0.321. The van der Waals surface area contributed by atoms with Gasteiger partial charge in [-0.1, -0.05) is 37.6 Å². The maximum absolute atomic E-state index is 12.7. The molecule has 3 N–H and O–H groups in total. The molecule has 3 heterocycles. The van der Waals surface area contributed by atoms with Crippen LogP contribution in [0.3, 0.4) is 0 Å². The lowest BCUT2D eigenvalue weighted by atomic mass is 10.2. The zero-order valence-corrected chi connectivity index (χ0v) is 18.1. The third kappa shape index (κ3) is 4.66. The first kappa shape index (κ1) is 21.2. The molecule has 0 aliphatic carbocycles. The van der Waals surface area contributed by atoms with E-state index in [1.807, 2.05) is 25.1 Å². The van der Waals surface area contributed by atoms with Crippen molar-refractivity contribution in [2.75, 3.05) is 17.6 Å². The maximum Gasteiger partial charge on any atom is 0.345 e. The van der Waals surface area contributed by atoms with Crippen LogP contribution < -0.4 is 15.8 Å². The first-order chi connectivity index (χ1) is 15.5. The number of nitrogen functional groups attached to an aromatic ring is 1. The minimum atomic E-state index is -0.517. The summed E-state index contributed by atoms with van der Waals surface area (Å²) >= 11 is 0. The summed E-state index contributed by atoms with van der Waals surface area (Å²) in [4.78, 5) is 30.4. The molecule has 0 spiro atoms. The Hall–Kier alpha value is -4.01. The van der Waals surface area contributed by atoms with Gasteiger partial charge in [-0.05, 0) is 37.1 Å². The van der Waals surface area contributed by atoms with Crippen molar-refractivity contribution < 1.29 is 9.53 Å². The highest BCUT2D eigenvalue weighted by Gasteiger charge is 2.21. The molecule has 0 atom stereocenters. The van der Waals surface area contributed by atoms with Crippen LogP contribution in [0.4, 0.5) is 11.8 Å². The number of nitrogens with two attached hydrogens (primary N) is 1. The Morgan fingerprint density at radius 2 is 1.94 bits per heavy atom. The highest BCUT2D eigenvalue weighted by molar-refractivity contribution is 5.91. The second-order valence-corrected chi connectivity index (χ2v) is 7.43. The summed E-state index contributed by atoms with van der Waals surface area (Å²) in [6, 6.07) is 12.7. The third-order valence-electron chi connectivity index (χ3n) is 4.91. The molecule has 0 aliphatic rings. The number of imidazole rings is 1. The van der Waals surface area contributed by atoms with Gasteiger partial charge in [-0.25, -0.2) is 4.79 Å². The average molecular weight is 432 g/mol. The lowest BCUT2D eigenvalue weighted by Crippen LogP contribution is -2.13. The SMILES string of the molecule is CCCCNc1nc(N)c2nc(OC(=O)c3ccccc3)n(Cc3ccc(C)nc3)c2n1. The number of aryl methyl sites for hydroxylation is 1. The van der Waals surface area contributed by atoms with Gasteiger partial charge in [0.1, 0.15) is 0 Å². The average Bonchev–Trinajstić information content (AvgIpc) is 3.13. The van der Waals surface area contributed by atoms with Gasteiger partial charge >= 0.3 is 12.0 Å². The summed E-state index contributed by atoms with van der Waals surface area (Å²) in [5.74, 6) is 0.108. The second-order valence-electron chi connectivity index (χ2n) is 7.43. The number of unbranched alkanes of at least 4 members (excludes halogenated alkanes) is 1. The van der Waals surface area contributed by atoms with E-state index in [9.17, 15) is 4.79 Å². The van der Waals surface area contributed by atoms with Crippen LogP contribution in [-0.4, -0.2) is 37.0 Å². The van der Waals surface area contributed by atoms with E-state index in [0.717, 1.165) is 30.6 Å². The number of hydrogen-bond acceptors (Lipinski definition) is 8. The van der Waals surface area contributed by atoms with Gasteiger partial charge in [-0.3, -0.25) is 9.55 Å². The summed E-state index contributed by atoms with van der Waals surface area (Å²) < 4.78 is 7.37. The zero-order chi connectivity index (χ0) is 22.5. The first-order valence-electron chi connectivity index (χ1n) is 10.5. The third-order valence-corrected chi connectivity index (χ3v) is 4.91. The largest absolute Gasteiger partial charge is 0.388 e. The minimum Gasteiger partial charge on any atom is -0.388 e. The number of esters is 1. The molecular formula is C23H25N7O2. The number of anilines is 2. The number of hydrogen-bond donors (Lipinski definition) is 2. The summed E-state index contributed by atoms with van der Waals surface area (Å²) in [7, 11) is 0. The molecule has 0 aliphatic heterocycles. The van der Waals surface area contributed by atoms with Gasteiger partial charge in [0.2, 0.25) is 5.95 Å². The van der Waals surface area contributed by atoms with Gasteiger partial charge in [0, 0.05) is 18.4 Å². The molecule has 0 radical (unpaired) electrons. The van der Waals surface area contributed by atoms with Crippen LogP contribution in [0, 0.1) is 6.92 Å². The summed E-state index contributed by atoms with van der Waals surface area (Å²) in [6.45, 7) is 5.11. The molecule has 1 aromatic carbocycles. The van der Waals surface area contributed by atoms with E-state index in [2.05, 4.69) is 32.2 Å². The molecular weight excluding hydrogens is 406 g/mol. The number of carbonyl (C=O) groups is 1. The number of nitrogens with zero attached hydrogens (tertiary/aromatic N) is 5. The van der Waals surface area contributed by atoms with Crippen molar-refractivity contribution in [3.63, 3.8) is 0 Å². The highest BCUT2D eigenvalue weighted by atomic mass is 16.5. The van der Waals surface area contributed by atoms with Crippen molar-refractivity contribution in [2.45, 2.75) is 33.2 Å². The molecule has 0 amide bonds. The molecule has 0 unspecified atom stereocenters. The van der Waals surface area contributed by atoms with E-state index in [1.54, 1.807) is 35.0 Å². The van der Waals surface area contributed by atoms with Gasteiger partial charge < -0.3 is 15.8 Å². The fourth-order valence-corrected chi connectivity index (χ4v) is 3.17. The van der Waals surface area contributed by atoms with Crippen LogP contribution in [0.15, 0.2) is 48.7 Å². The summed E-state index contributed by atoms with van der Waals surface area (Å²) in [5.41, 5.74) is 9.27. The van der Waals surface area contributed by atoms with Gasteiger partial charge in [-0.15, -0.1) is 0 Å². The molecule has 0 bridgehead atoms. The minimum absolute atomic E-state index is 0.0983. The van der Waals surface area contributed by atoms with Crippen molar-refractivity contribution >= 4 is 28.9 Å². The van der Waals surface area contributed by atoms with Crippen molar-refractivity contribution in [3.8, 4) is 6.01 Å². The molecule has 9 heteroatoms. The Kier molecular flexibility index (Phi) is 6.25. The lowest BCUT2D eigenvalue weighted by molar-refractivity contribution is 0.0714. The van der Waals surface area contributed by atoms with Crippen LogP contribution in [0.1, 0.15) is 41.4 Å². The Morgan fingerprint density at radius 3 is 2.66 bits per heavy atom. The molecule has 0 fully saturated rings. The zero-order valence-electron chi connectivity index (χ0n) is 18.1. The molecule has 4 aromatic rings. The monoisotopic (exact) mass is 431 g/mol. The summed E-state index contributed by atoms with van der Waals surface area (Å²) in [6.07, 6.45) is 3.80. The number of rotatable bonds is 8. The van der Waals surface area contributed by atoms with E-state index in [4.69, 9.17) is 10.5 Å². The fourth-order valence-electron chi connectivity index (χ4n) is 3.17. The van der Waals surface area contributed by atoms with E-state index < -0.39 is 5.97 Å². The number of carbonyl (C=O) groups excluding carboxylic acids is 1. The van der Waals surface area contributed by atoms with Crippen molar-refractivity contribution in [2.24, 2.45) is 0 Å². The normalized spacial score (nSPS) is 10.9. The van der Waals surface area contributed by atoms with Gasteiger partial charge in [0.25, 0.3) is 0 Å². The Bertz CT molecular complexity index is 1220. The number of nitrogens with one attached hydrogen (secondary N) is 1. The fraction of sp³-hybridized carbons (Fsp3) is 0.261. The van der Waals surface area contributed by atoms with Crippen molar-refractivity contribution in [3.05, 3.63) is 65.5 Å². The molecule has 4 rings (SSSR count). The number of ether oxygens (including phenoxy) is 1. The standard InChI is InChI=1S/C23H25N7O2/c1-3-4-12-25-22-28-19(24)18-20(29-22)30(14-16-11-10-15(2)26-13-16)23(27-18)32-21(31)17-8-6-5-7-9-17/h5-11,13H,3-4,12,14H2,1-2H3,(H3,24,25,28,29). The topological polar surface area (TPSA) is 121 Å². The number of benzene rings is 1. The molecule has 9 nitrogen and oxygen atoms in total. The highest BCUT2D eigenvalue weighted by Crippen LogP contribution is 2.26. The van der Waals surface area contributed by atoms with Gasteiger partial charge in [-0.2, -0.15) is 15.0 Å². The van der Waals surface area contributed by atoms with Crippen molar-refractivity contribution in [1.82, 2.24) is 24.5 Å². The predicted octanol–water partition coefficient (Wildman–Crippen LogP) is 3.59. The summed E-state index contributed by atoms with van der Waals surface area (Å²) in [5, 5.41) is 3.19. The lowest BCUT2D eigenvalue weighted by Gasteiger charge is -2.10. The van der Waals surface area contributed by atoms with Crippen LogP contribution in [0.2, 0.25) is 0 Å². The van der Waals surface area contributed by atoms with E-state index in [1.165, 1.54) is 0 Å². The van der Waals surface area contributed by atoms with Crippen LogP contribution in [0.5, 0.6) is 6.01 Å². The second kappa shape index (κ2) is 9.42. The van der Waals surface area contributed by atoms with Crippen molar-refractivity contribution in [1.29, 1.82) is 0 Å². The Balaban J connectivity index is 1.75. The van der Waals surface area contributed by atoms with Crippen LogP contribution in [0.25, 0.3) is 11.2 Å².